The van der Waals surface area contributed by atoms with Crippen LogP contribution in [0.15, 0.2) is 50.4 Å². The molecule has 0 aliphatic carbocycles. The molecule has 1 aromatic carbocycles. The molecule has 0 aliphatic heterocycles. The number of hydrogen-bond acceptors (Lipinski definition) is 4. The average Bonchev–Trinajstić information content (AvgIpc) is 2.81. The molecule has 1 atom stereocenters. The van der Waals surface area contributed by atoms with Gasteiger partial charge in [-0.1, -0.05) is 19.1 Å². The Bertz CT molecular complexity index is 694. The quantitative estimate of drug-likeness (QED) is 0.892. The summed E-state index contributed by atoms with van der Waals surface area (Å²) in [6, 6.07) is 8.53. The summed E-state index contributed by atoms with van der Waals surface area (Å²) in [4.78, 5) is 0.306. The molecule has 4 nitrogen and oxygen atoms in total. The summed E-state index contributed by atoms with van der Waals surface area (Å²) < 4.78 is 29.7. The minimum Gasteiger partial charge on any atom is -0.466 e. The van der Waals surface area contributed by atoms with Gasteiger partial charge < -0.3 is 9.73 Å². The molecular formula is C14H16BrNO3S. The summed E-state index contributed by atoms with van der Waals surface area (Å²) >= 11 is 3.44. The van der Waals surface area contributed by atoms with Crippen LogP contribution < -0.4 is 5.32 Å². The summed E-state index contributed by atoms with van der Waals surface area (Å²) in [5.74, 6) is 0.734. The molecule has 1 aromatic heterocycles. The van der Waals surface area contributed by atoms with Crippen molar-refractivity contribution in [1.82, 2.24) is 5.32 Å². The molecule has 20 heavy (non-hydrogen) atoms. The second-order valence-corrected chi connectivity index (χ2v) is 7.34. The Morgan fingerprint density at radius 2 is 2.10 bits per heavy atom. The molecule has 2 rings (SSSR count). The van der Waals surface area contributed by atoms with Crippen molar-refractivity contribution >= 4 is 25.8 Å². The number of rotatable bonds is 5. The molecule has 0 saturated carbocycles. The van der Waals surface area contributed by atoms with Gasteiger partial charge in [0.1, 0.15) is 5.76 Å². The molecule has 6 heteroatoms. The van der Waals surface area contributed by atoms with Gasteiger partial charge >= 0.3 is 0 Å². The summed E-state index contributed by atoms with van der Waals surface area (Å²) in [6.07, 6.45) is 2.81. The van der Waals surface area contributed by atoms with Crippen molar-refractivity contribution in [1.29, 1.82) is 0 Å². The molecule has 0 saturated heterocycles. The van der Waals surface area contributed by atoms with E-state index in [2.05, 4.69) is 21.2 Å². The molecule has 1 unspecified atom stereocenters. The van der Waals surface area contributed by atoms with Crippen molar-refractivity contribution in [3.8, 4) is 0 Å². The number of furan rings is 1. The Morgan fingerprint density at radius 1 is 1.35 bits per heavy atom. The Hall–Kier alpha value is -1.11. The summed E-state index contributed by atoms with van der Waals surface area (Å²) in [5, 5.41) is 3.30. The van der Waals surface area contributed by atoms with E-state index in [0.29, 0.717) is 4.90 Å². The first-order chi connectivity index (χ1) is 9.43. The molecule has 0 bridgehead atoms. The van der Waals surface area contributed by atoms with Crippen LogP contribution in [0.4, 0.5) is 0 Å². The lowest BCUT2D eigenvalue weighted by atomic mass is 10.0. The fourth-order valence-electron chi connectivity index (χ4n) is 2.00. The summed E-state index contributed by atoms with van der Waals surface area (Å²) in [5.41, 5.74) is 0.852. The lowest BCUT2D eigenvalue weighted by molar-refractivity contribution is 0.449. The van der Waals surface area contributed by atoms with Crippen LogP contribution in [0.25, 0.3) is 0 Å². The molecule has 0 fully saturated rings. The highest BCUT2D eigenvalue weighted by atomic mass is 79.9. The summed E-state index contributed by atoms with van der Waals surface area (Å²) in [7, 11) is -3.22. The predicted molar refractivity (Wildman–Crippen MR) is 81.5 cm³/mol. The van der Waals surface area contributed by atoms with Gasteiger partial charge in [0.05, 0.1) is 21.7 Å². The van der Waals surface area contributed by atoms with E-state index in [1.165, 1.54) is 6.26 Å². The van der Waals surface area contributed by atoms with Gasteiger partial charge in [0.15, 0.2) is 9.84 Å². The Labute approximate surface area is 127 Å². The maximum Gasteiger partial charge on any atom is 0.175 e. The van der Waals surface area contributed by atoms with Gasteiger partial charge in [-0.3, -0.25) is 0 Å². The van der Waals surface area contributed by atoms with E-state index in [-0.39, 0.29) is 6.04 Å². The molecule has 0 spiro atoms. The predicted octanol–water partition coefficient (Wildman–Crippen LogP) is 3.14. The monoisotopic (exact) mass is 357 g/mol. The third kappa shape index (κ3) is 3.31. The van der Waals surface area contributed by atoms with Gasteiger partial charge in [-0.15, -0.1) is 0 Å². The molecule has 108 valence electrons. The zero-order valence-corrected chi connectivity index (χ0v) is 13.7. The minimum atomic E-state index is -3.22. The Kier molecular flexibility index (Phi) is 4.67. The fourth-order valence-corrected chi connectivity index (χ4v) is 3.11. The second kappa shape index (κ2) is 6.11. The first-order valence-electron chi connectivity index (χ1n) is 6.19. The van der Waals surface area contributed by atoms with Crippen molar-refractivity contribution in [3.05, 3.63) is 52.4 Å². The van der Waals surface area contributed by atoms with E-state index in [1.807, 2.05) is 19.1 Å². The first kappa shape index (κ1) is 15.3. The van der Waals surface area contributed by atoms with Crippen molar-refractivity contribution in [3.63, 3.8) is 0 Å². The highest BCUT2D eigenvalue weighted by Crippen LogP contribution is 2.30. The number of benzene rings is 1. The number of sulfone groups is 1. The maximum atomic E-state index is 11.7. The molecule has 1 N–H and O–H groups in total. The van der Waals surface area contributed by atoms with Crippen molar-refractivity contribution < 1.29 is 12.8 Å². The van der Waals surface area contributed by atoms with Crippen LogP contribution in [-0.2, 0) is 9.84 Å². The van der Waals surface area contributed by atoms with E-state index in [0.717, 1.165) is 22.3 Å². The topological polar surface area (TPSA) is 59.3 Å². The van der Waals surface area contributed by atoms with Crippen LogP contribution in [0.1, 0.15) is 24.3 Å². The van der Waals surface area contributed by atoms with Gasteiger partial charge in [-0.2, -0.15) is 0 Å². The lowest BCUT2D eigenvalue weighted by Gasteiger charge is -2.17. The van der Waals surface area contributed by atoms with Gasteiger partial charge in [0.25, 0.3) is 0 Å². The smallest absolute Gasteiger partial charge is 0.175 e. The van der Waals surface area contributed by atoms with E-state index in [4.69, 9.17) is 4.42 Å². The number of halogens is 1. The zero-order valence-electron chi connectivity index (χ0n) is 11.3. The van der Waals surface area contributed by atoms with Crippen molar-refractivity contribution in [2.75, 3.05) is 12.8 Å². The zero-order chi connectivity index (χ0) is 14.8. The van der Waals surface area contributed by atoms with E-state index >= 15 is 0 Å². The third-order valence-corrected chi connectivity index (χ3v) is 4.70. The maximum absolute atomic E-state index is 11.7. The molecule has 0 aliphatic rings. The van der Waals surface area contributed by atoms with Crippen molar-refractivity contribution in [2.24, 2.45) is 0 Å². The molecule has 0 amide bonds. The van der Waals surface area contributed by atoms with E-state index in [1.54, 1.807) is 24.5 Å². The van der Waals surface area contributed by atoms with Crippen LogP contribution >= 0.6 is 15.9 Å². The van der Waals surface area contributed by atoms with Crippen LogP contribution in [0, 0.1) is 0 Å². The van der Waals surface area contributed by atoms with E-state index < -0.39 is 9.84 Å². The number of nitrogens with one attached hydrogen (secondary N) is 1. The van der Waals surface area contributed by atoms with Crippen LogP contribution in [0.2, 0.25) is 0 Å². The molecule has 1 heterocycles. The molecule has 0 radical (unpaired) electrons. The SMILES string of the molecule is CCNC(c1cccc(S(C)(=O)=O)c1)c1occc1Br. The molecule has 2 aromatic rings. The lowest BCUT2D eigenvalue weighted by Crippen LogP contribution is -2.22. The Balaban J connectivity index is 2.48. The first-order valence-corrected chi connectivity index (χ1v) is 8.88. The second-order valence-electron chi connectivity index (χ2n) is 4.47. The summed E-state index contributed by atoms with van der Waals surface area (Å²) in [6.45, 7) is 2.73. The Morgan fingerprint density at radius 3 is 2.65 bits per heavy atom. The van der Waals surface area contributed by atoms with Gasteiger partial charge in [-0.25, -0.2) is 8.42 Å². The van der Waals surface area contributed by atoms with E-state index in [9.17, 15) is 8.42 Å². The van der Waals surface area contributed by atoms with Gasteiger partial charge in [0, 0.05) is 6.26 Å². The third-order valence-electron chi connectivity index (χ3n) is 2.93. The van der Waals surface area contributed by atoms with Crippen LogP contribution in [0.5, 0.6) is 0 Å². The average molecular weight is 358 g/mol. The number of hydrogen-bond donors (Lipinski definition) is 1. The molecular weight excluding hydrogens is 342 g/mol. The highest BCUT2D eigenvalue weighted by Gasteiger charge is 2.20. The van der Waals surface area contributed by atoms with Gasteiger partial charge in [0.2, 0.25) is 0 Å². The largest absolute Gasteiger partial charge is 0.466 e. The fraction of sp³-hybridized carbons (Fsp3) is 0.286. The normalized spacial score (nSPS) is 13.3. The van der Waals surface area contributed by atoms with Gasteiger partial charge in [-0.05, 0) is 46.2 Å². The van der Waals surface area contributed by atoms with Crippen molar-refractivity contribution in [2.45, 2.75) is 17.9 Å². The van der Waals surface area contributed by atoms with Crippen LogP contribution in [0.3, 0.4) is 0 Å². The van der Waals surface area contributed by atoms with Crippen LogP contribution in [-0.4, -0.2) is 21.2 Å². The highest BCUT2D eigenvalue weighted by molar-refractivity contribution is 9.10. The standard InChI is InChI=1S/C14H16BrNO3S/c1-3-16-13(14-12(15)7-8-19-14)10-5-4-6-11(9-10)20(2,17)18/h4-9,13,16H,3H2,1-2H3. The minimum absolute atomic E-state index is 0.189.